The van der Waals surface area contributed by atoms with Crippen molar-refractivity contribution in [2.75, 3.05) is 19.6 Å². The zero-order chi connectivity index (χ0) is 15.6. The summed E-state index contributed by atoms with van der Waals surface area (Å²) < 4.78 is 14.4. The van der Waals surface area contributed by atoms with Gasteiger partial charge in [0.25, 0.3) is 0 Å². The highest BCUT2D eigenvalue weighted by Gasteiger charge is 2.32. The second kappa shape index (κ2) is 6.19. The van der Waals surface area contributed by atoms with Crippen molar-refractivity contribution in [3.8, 4) is 11.1 Å². The van der Waals surface area contributed by atoms with E-state index in [-0.39, 0.29) is 11.2 Å². The first-order valence-corrected chi connectivity index (χ1v) is 7.86. The Labute approximate surface area is 131 Å². The molecule has 2 nitrogen and oxygen atoms in total. The summed E-state index contributed by atoms with van der Waals surface area (Å²) in [5, 5.41) is 0. The molecule has 0 saturated carbocycles. The van der Waals surface area contributed by atoms with Crippen LogP contribution in [0.3, 0.4) is 0 Å². The summed E-state index contributed by atoms with van der Waals surface area (Å²) in [5.41, 5.74) is 8.76. The molecule has 0 bridgehead atoms. The van der Waals surface area contributed by atoms with Crippen LogP contribution in [0, 0.1) is 11.2 Å². The van der Waals surface area contributed by atoms with Gasteiger partial charge in [-0.05, 0) is 42.1 Å². The molecule has 1 atom stereocenters. The average Bonchev–Trinajstić information content (AvgIpc) is 2.92. The van der Waals surface area contributed by atoms with Gasteiger partial charge in [0.15, 0.2) is 0 Å². The fraction of sp³-hybridized carbons (Fsp3) is 0.368. The van der Waals surface area contributed by atoms with E-state index in [1.165, 1.54) is 0 Å². The van der Waals surface area contributed by atoms with Gasteiger partial charge in [0, 0.05) is 18.7 Å². The summed E-state index contributed by atoms with van der Waals surface area (Å²) in [7, 11) is 0. The minimum absolute atomic E-state index is 0.122. The van der Waals surface area contributed by atoms with Crippen LogP contribution in [0.2, 0.25) is 0 Å². The van der Waals surface area contributed by atoms with E-state index in [9.17, 15) is 4.39 Å². The van der Waals surface area contributed by atoms with Crippen LogP contribution < -0.4 is 5.73 Å². The van der Waals surface area contributed by atoms with Crippen molar-refractivity contribution in [3.63, 3.8) is 0 Å². The molecule has 116 valence electrons. The van der Waals surface area contributed by atoms with E-state index in [2.05, 4.69) is 11.8 Å². The van der Waals surface area contributed by atoms with Crippen molar-refractivity contribution < 1.29 is 4.39 Å². The lowest BCUT2D eigenvalue weighted by atomic mass is 9.90. The van der Waals surface area contributed by atoms with Crippen LogP contribution in [0.4, 0.5) is 4.39 Å². The molecule has 1 unspecified atom stereocenters. The molecular weight excluding hydrogens is 275 g/mol. The molecule has 0 spiro atoms. The Balaban J connectivity index is 1.74. The van der Waals surface area contributed by atoms with Gasteiger partial charge in [-0.1, -0.05) is 49.4 Å². The minimum atomic E-state index is -0.122. The quantitative estimate of drug-likeness (QED) is 0.933. The molecule has 0 aromatic heterocycles. The smallest absolute Gasteiger partial charge is 0.128 e. The van der Waals surface area contributed by atoms with Gasteiger partial charge >= 0.3 is 0 Å². The third-order valence-corrected chi connectivity index (χ3v) is 4.68. The lowest BCUT2D eigenvalue weighted by molar-refractivity contribution is 0.271. The van der Waals surface area contributed by atoms with E-state index in [4.69, 9.17) is 5.73 Å². The van der Waals surface area contributed by atoms with Crippen molar-refractivity contribution in [2.24, 2.45) is 11.1 Å². The van der Waals surface area contributed by atoms with E-state index in [1.807, 2.05) is 42.5 Å². The summed E-state index contributed by atoms with van der Waals surface area (Å²) in [6.07, 6.45) is 1.09. The Morgan fingerprint density at radius 2 is 1.91 bits per heavy atom. The van der Waals surface area contributed by atoms with Gasteiger partial charge in [0.05, 0.1) is 0 Å². The van der Waals surface area contributed by atoms with E-state index < -0.39 is 0 Å². The average molecular weight is 298 g/mol. The monoisotopic (exact) mass is 298 g/mol. The summed E-state index contributed by atoms with van der Waals surface area (Å²) in [4.78, 5) is 2.30. The highest BCUT2D eigenvalue weighted by molar-refractivity contribution is 5.63. The van der Waals surface area contributed by atoms with Gasteiger partial charge in [0.2, 0.25) is 0 Å². The Kier molecular flexibility index (Phi) is 4.27. The minimum Gasteiger partial charge on any atom is -0.330 e. The number of benzene rings is 2. The Bertz CT molecular complexity index is 641. The fourth-order valence-electron chi connectivity index (χ4n) is 3.15. The predicted molar refractivity (Wildman–Crippen MR) is 88.9 cm³/mol. The molecule has 22 heavy (non-hydrogen) atoms. The third kappa shape index (κ3) is 3.21. The maximum atomic E-state index is 14.4. The second-order valence-corrected chi connectivity index (χ2v) is 6.65. The molecule has 2 aromatic carbocycles. The van der Waals surface area contributed by atoms with Crippen LogP contribution in [0.15, 0.2) is 48.5 Å². The van der Waals surface area contributed by atoms with Crippen LogP contribution >= 0.6 is 0 Å². The molecule has 3 heteroatoms. The molecule has 1 saturated heterocycles. The van der Waals surface area contributed by atoms with Crippen LogP contribution in [0.25, 0.3) is 11.1 Å². The highest BCUT2D eigenvalue weighted by atomic mass is 19.1. The van der Waals surface area contributed by atoms with Crippen molar-refractivity contribution in [2.45, 2.75) is 19.9 Å². The Morgan fingerprint density at radius 3 is 2.55 bits per heavy atom. The number of likely N-dealkylation sites (tertiary alicyclic amines) is 1. The first kappa shape index (κ1) is 15.2. The van der Waals surface area contributed by atoms with Gasteiger partial charge < -0.3 is 5.73 Å². The molecule has 1 heterocycles. The van der Waals surface area contributed by atoms with Crippen molar-refractivity contribution in [1.82, 2.24) is 4.90 Å². The number of nitrogens with two attached hydrogens (primary N) is 1. The van der Waals surface area contributed by atoms with Crippen molar-refractivity contribution >= 4 is 0 Å². The standard InChI is InChI=1S/C19H23FN2/c1-19(13-21)9-10-22(14-19)12-17-8-7-16(11-18(17)20)15-5-3-2-4-6-15/h2-8,11H,9-10,12-14,21H2,1H3. The largest absolute Gasteiger partial charge is 0.330 e. The topological polar surface area (TPSA) is 29.3 Å². The van der Waals surface area contributed by atoms with Crippen molar-refractivity contribution in [3.05, 3.63) is 59.9 Å². The zero-order valence-corrected chi connectivity index (χ0v) is 13.1. The maximum absolute atomic E-state index is 14.4. The van der Waals surface area contributed by atoms with Gasteiger partial charge in [-0.3, -0.25) is 4.90 Å². The number of halogens is 1. The highest BCUT2D eigenvalue weighted by Crippen LogP contribution is 2.30. The number of rotatable bonds is 4. The SMILES string of the molecule is CC1(CN)CCN(Cc2ccc(-c3ccccc3)cc2F)C1. The van der Waals surface area contributed by atoms with Crippen LogP contribution in [-0.4, -0.2) is 24.5 Å². The Hall–Kier alpha value is -1.71. The second-order valence-electron chi connectivity index (χ2n) is 6.65. The summed E-state index contributed by atoms with van der Waals surface area (Å²) in [5.74, 6) is -0.122. The first-order valence-electron chi connectivity index (χ1n) is 7.86. The molecule has 1 aliphatic rings. The van der Waals surface area contributed by atoms with Crippen molar-refractivity contribution in [1.29, 1.82) is 0 Å². The Morgan fingerprint density at radius 1 is 1.14 bits per heavy atom. The predicted octanol–water partition coefficient (Wildman–Crippen LogP) is 3.66. The molecule has 0 amide bonds. The van der Waals surface area contributed by atoms with Crippen LogP contribution in [-0.2, 0) is 6.54 Å². The molecule has 1 fully saturated rings. The molecule has 1 aliphatic heterocycles. The molecular formula is C19H23FN2. The van der Waals surface area contributed by atoms with E-state index in [0.717, 1.165) is 36.2 Å². The van der Waals surface area contributed by atoms with E-state index in [1.54, 1.807) is 6.07 Å². The number of hydrogen-bond acceptors (Lipinski definition) is 2. The van der Waals surface area contributed by atoms with E-state index in [0.29, 0.717) is 13.1 Å². The molecule has 2 aromatic rings. The first-order chi connectivity index (χ1) is 10.6. The molecule has 0 radical (unpaired) electrons. The lowest BCUT2D eigenvalue weighted by Crippen LogP contribution is -2.31. The number of hydrogen-bond donors (Lipinski definition) is 1. The van der Waals surface area contributed by atoms with Gasteiger partial charge in [-0.15, -0.1) is 0 Å². The fourth-order valence-corrected chi connectivity index (χ4v) is 3.15. The summed E-state index contributed by atoms with van der Waals surface area (Å²) in [6, 6.07) is 15.5. The van der Waals surface area contributed by atoms with Gasteiger partial charge in [0.1, 0.15) is 5.82 Å². The maximum Gasteiger partial charge on any atom is 0.128 e. The number of nitrogens with zero attached hydrogens (tertiary/aromatic N) is 1. The molecule has 0 aliphatic carbocycles. The molecule has 2 N–H and O–H groups in total. The van der Waals surface area contributed by atoms with Gasteiger partial charge in [-0.2, -0.15) is 0 Å². The lowest BCUT2D eigenvalue weighted by Gasteiger charge is -2.22. The van der Waals surface area contributed by atoms with Crippen LogP contribution in [0.1, 0.15) is 18.9 Å². The zero-order valence-electron chi connectivity index (χ0n) is 13.1. The van der Waals surface area contributed by atoms with Crippen LogP contribution in [0.5, 0.6) is 0 Å². The van der Waals surface area contributed by atoms with Gasteiger partial charge in [-0.25, -0.2) is 4.39 Å². The third-order valence-electron chi connectivity index (χ3n) is 4.68. The summed E-state index contributed by atoms with van der Waals surface area (Å²) >= 11 is 0. The normalized spacial score (nSPS) is 22.1. The van der Waals surface area contributed by atoms with E-state index >= 15 is 0 Å². The summed E-state index contributed by atoms with van der Waals surface area (Å²) in [6.45, 7) is 5.51. The molecule has 3 rings (SSSR count).